The Kier molecular flexibility index (Phi) is 8.88. The number of likely N-dealkylation sites (tertiary alicyclic amines) is 1. The number of nitrogens with zero attached hydrogens (tertiary/aromatic N) is 4. The maximum absolute atomic E-state index is 10.6. The van der Waals surface area contributed by atoms with Crippen molar-refractivity contribution in [2.75, 3.05) is 44.6 Å². The van der Waals surface area contributed by atoms with E-state index >= 15 is 0 Å². The largest absolute Gasteiger partial charge is 0.506 e. The second-order valence-corrected chi connectivity index (χ2v) is 10.2. The number of hydrogen-bond donors (Lipinski definition) is 4. The molecule has 8 heteroatoms. The number of aromatic hydroxyl groups is 1. The number of anilines is 1. The minimum atomic E-state index is 0.174. The minimum absolute atomic E-state index is 0.174. The Bertz CT molecular complexity index is 1390. The van der Waals surface area contributed by atoms with Gasteiger partial charge < -0.3 is 30.3 Å². The van der Waals surface area contributed by atoms with E-state index in [1.165, 1.54) is 0 Å². The van der Waals surface area contributed by atoms with E-state index in [1.807, 2.05) is 31.2 Å². The number of aliphatic hydroxyl groups is 1. The molecular formula is C31H38N6O2. The molecule has 0 amide bonds. The Balaban J connectivity index is 1.38. The molecule has 1 saturated heterocycles. The summed E-state index contributed by atoms with van der Waals surface area (Å²) < 4.78 is 2.14. The van der Waals surface area contributed by atoms with E-state index in [2.05, 4.69) is 67.6 Å². The number of imidazole rings is 1. The van der Waals surface area contributed by atoms with E-state index in [9.17, 15) is 5.11 Å². The SMILES string of the molecule is Cc1ccc(O)c(Cn2c(NC3CCN(CCNCCO)CC3)nc3ccc(/C=C/c4ccccc4)cc32)n1. The van der Waals surface area contributed by atoms with Crippen LogP contribution in [-0.2, 0) is 6.54 Å². The molecule has 4 aromatic rings. The molecule has 8 nitrogen and oxygen atoms in total. The molecule has 0 atom stereocenters. The normalized spacial score (nSPS) is 14.9. The van der Waals surface area contributed by atoms with Crippen molar-refractivity contribution in [1.29, 1.82) is 0 Å². The molecule has 0 saturated carbocycles. The summed E-state index contributed by atoms with van der Waals surface area (Å²) in [5.41, 5.74) is 5.65. The molecule has 1 aliphatic rings. The summed E-state index contributed by atoms with van der Waals surface area (Å²) >= 11 is 0. The van der Waals surface area contributed by atoms with Crippen molar-refractivity contribution in [2.45, 2.75) is 32.4 Å². The average Bonchev–Trinajstić information content (AvgIpc) is 3.29. The molecule has 0 aliphatic carbocycles. The lowest BCUT2D eigenvalue weighted by Crippen LogP contribution is -2.42. The number of rotatable bonds is 11. The Labute approximate surface area is 230 Å². The first-order valence-electron chi connectivity index (χ1n) is 13.8. The number of aryl methyl sites for hydroxylation is 1. The van der Waals surface area contributed by atoms with Crippen LogP contribution in [0.15, 0.2) is 60.7 Å². The second kappa shape index (κ2) is 12.9. The zero-order valence-electron chi connectivity index (χ0n) is 22.6. The van der Waals surface area contributed by atoms with E-state index in [-0.39, 0.29) is 12.4 Å². The van der Waals surface area contributed by atoms with Gasteiger partial charge in [0.1, 0.15) is 11.4 Å². The van der Waals surface area contributed by atoms with Crippen molar-refractivity contribution in [1.82, 2.24) is 24.8 Å². The van der Waals surface area contributed by atoms with Crippen molar-refractivity contribution < 1.29 is 10.2 Å². The van der Waals surface area contributed by atoms with E-state index in [4.69, 9.17) is 10.1 Å². The predicted molar refractivity (Wildman–Crippen MR) is 158 cm³/mol. The highest BCUT2D eigenvalue weighted by atomic mass is 16.3. The first-order valence-corrected chi connectivity index (χ1v) is 13.8. The molecule has 39 heavy (non-hydrogen) atoms. The monoisotopic (exact) mass is 526 g/mol. The van der Waals surface area contributed by atoms with E-state index in [0.717, 1.165) is 72.8 Å². The Morgan fingerprint density at radius 3 is 2.54 bits per heavy atom. The summed E-state index contributed by atoms with van der Waals surface area (Å²) in [6, 6.07) is 20.4. The highest BCUT2D eigenvalue weighted by Gasteiger charge is 2.22. The number of aliphatic hydroxyl groups excluding tert-OH is 1. The van der Waals surface area contributed by atoms with Gasteiger partial charge in [0.2, 0.25) is 5.95 Å². The highest BCUT2D eigenvalue weighted by Crippen LogP contribution is 2.27. The van der Waals surface area contributed by atoms with Crippen molar-refractivity contribution in [3.63, 3.8) is 0 Å². The fourth-order valence-electron chi connectivity index (χ4n) is 5.06. The van der Waals surface area contributed by atoms with Crippen LogP contribution >= 0.6 is 0 Å². The van der Waals surface area contributed by atoms with Crippen LogP contribution in [0.3, 0.4) is 0 Å². The summed E-state index contributed by atoms with van der Waals surface area (Å²) in [4.78, 5) is 12.1. The average molecular weight is 527 g/mol. The number of nitrogens with one attached hydrogen (secondary N) is 2. The van der Waals surface area contributed by atoms with Crippen molar-refractivity contribution in [2.24, 2.45) is 0 Å². The van der Waals surface area contributed by atoms with Gasteiger partial charge in [-0.3, -0.25) is 4.98 Å². The topological polar surface area (TPSA) is 98.5 Å². The van der Waals surface area contributed by atoms with E-state index in [1.54, 1.807) is 6.07 Å². The van der Waals surface area contributed by atoms with Gasteiger partial charge in [0, 0.05) is 44.5 Å². The van der Waals surface area contributed by atoms with Crippen LogP contribution in [0.4, 0.5) is 5.95 Å². The number of benzene rings is 2. The molecule has 1 aliphatic heterocycles. The van der Waals surface area contributed by atoms with Crippen LogP contribution in [0, 0.1) is 6.92 Å². The maximum Gasteiger partial charge on any atom is 0.204 e. The van der Waals surface area contributed by atoms with E-state index < -0.39 is 0 Å². The van der Waals surface area contributed by atoms with Crippen LogP contribution in [-0.4, -0.2) is 75.0 Å². The lowest BCUT2D eigenvalue weighted by molar-refractivity contribution is 0.215. The number of piperidine rings is 1. The van der Waals surface area contributed by atoms with Gasteiger partial charge >= 0.3 is 0 Å². The van der Waals surface area contributed by atoms with Crippen molar-refractivity contribution in [3.8, 4) is 5.75 Å². The molecule has 4 N–H and O–H groups in total. The number of aromatic nitrogens is 3. The quantitative estimate of drug-likeness (QED) is 0.172. The standard InChI is InChI=1S/C31H38N6O2/c1-23-7-12-30(39)28(33-23)22-37-29-21-25(9-8-24-5-3-2-4-6-24)10-11-27(29)35-31(37)34-26-13-17-36(18-14-26)19-15-32-16-20-38/h2-12,21,26,32,38-39H,13-20,22H2,1H3,(H,34,35)/b9-8+. The third-order valence-corrected chi connectivity index (χ3v) is 7.25. The van der Waals surface area contributed by atoms with Gasteiger partial charge in [0.05, 0.1) is 24.2 Å². The van der Waals surface area contributed by atoms with Gasteiger partial charge in [-0.05, 0) is 55.2 Å². The molecule has 1 fully saturated rings. The van der Waals surface area contributed by atoms with Crippen molar-refractivity contribution in [3.05, 3.63) is 83.2 Å². The molecule has 2 aromatic heterocycles. The summed E-state index contributed by atoms with van der Waals surface area (Å²) in [6.45, 7) is 7.10. The smallest absolute Gasteiger partial charge is 0.204 e. The molecule has 0 spiro atoms. The van der Waals surface area contributed by atoms with Gasteiger partial charge in [-0.25, -0.2) is 4.98 Å². The van der Waals surface area contributed by atoms with Crippen LogP contribution in [0.5, 0.6) is 5.75 Å². The van der Waals surface area contributed by atoms with Crippen LogP contribution in [0.2, 0.25) is 0 Å². The van der Waals surface area contributed by atoms with Gasteiger partial charge in [-0.15, -0.1) is 0 Å². The summed E-state index contributed by atoms with van der Waals surface area (Å²) in [7, 11) is 0. The first kappa shape index (κ1) is 26.9. The Morgan fingerprint density at radius 1 is 0.949 bits per heavy atom. The summed E-state index contributed by atoms with van der Waals surface area (Å²) in [5, 5.41) is 26.5. The minimum Gasteiger partial charge on any atom is -0.506 e. The molecule has 3 heterocycles. The predicted octanol–water partition coefficient (Wildman–Crippen LogP) is 4.12. The van der Waals surface area contributed by atoms with E-state index in [0.29, 0.717) is 24.8 Å². The third kappa shape index (κ3) is 7.03. The molecule has 0 bridgehead atoms. The molecular weight excluding hydrogens is 488 g/mol. The summed E-state index contributed by atoms with van der Waals surface area (Å²) in [5.74, 6) is 0.997. The Morgan fingerprint density at radius 2 is 1.74 bits per heavy atom. The lowest BCUT2D eigenvalue weighted by atomic mass is 10.1. The zero-order valence-corrected chi connectivity index (χ0v) is 22.6. The molecule has 0 radical (unpaired) electrons. The van der Waals surface area contributed by atoms with Crippen LogP contribution in [0.1, 0.15) is 35.4 Å². The zero-order chi connectivity index (χ0) is 27.0. The van der Waals surface area contributed by atoms with Crippen molar-refractivity contribution >= 4 is 29.1 Å². The maximum atomic E-state index is 10.6. The van der Waals surface area contributed by atoms with Gasteiger partial charge in [0.25, 0.3) is 0 Å². The fraction of sp³-hybridized carbons (Fsp3) is 0.355. The van der Waals surface area contributed by atoms with Crippen LogP contribution < -0.4 is 10.6 Å². The number of pyridine rings is 1. The number of hydrogen-bond acceptors (Lipinski definition) is 7. The molecule has 0 unspecified atom stereocenters. The van der Waals surface area contributed by atoms with Crippen LogP contribution in [0.25, 0.3) is 23.2 Å². The highest BCUT2D eigenvalue weighted by molar-refractivity contribution is 5.83. The van der Waals surface area contributed by atoms with Gasteiger partial charge in [-0.2, -0.15) is 0 Å². The molecule has 5 rings (SSSR count). The van der Waals surface area contributed by atoms with Gasteiger partial charge in [0.15, 0.2) is 0 Å². The summed E-state index contributed by atoms with van der Waals surface area (Å²) in [6.07, 6.45) is 6.29. The molecule has 204 valence electrons. The lowest BCUT2D eigenvalue weighted by Gasteiger charge is -2.32. The Hall–Kier alpha value is -3.72. The van der Waals surface area contributed by atoms with Gasteiger partial charge in [-0.1, -0.05) is 48.6 Å². The second-order valence-electron chi connectivity index (χ2n) is 10.2. The third-order valence-electron chi connectivity index (χ3n) is 7.25. The number of fused-ring (bicyclic) bond motifs is 1. The first-order chi connectivity index (χ1) is 19.1. The fourth-order valence-corrected chi connectivity index (χ4v) is 5.06. The molecule has 2 aromatic carbocycles.